The van der Waals surface area contributed by atoms with Crippen LogP contribution in [0.2, 0.25) is 0 Å². The predicted molar refractivity (Wildman–Crippen MR) is 72.2 cm³/mol. The van der Waals surface area contributed by atoms with Gasteiger partial charge in [-0.2, -0.15) is 4.90 Å². The molecule has 1 saturated heterocycles. The van der Waals surface area contributed by atoms with Gasteiger partial charge in [0.25, 0.3) is 5.91 Å². The maximum atomic E-state index is 12.3. The van der Waals surface area contributed by atoms with E-state index in [9.17, 15) is 24.3 Å². The Morgan fingerprint density at radius 1 is 1.18 bits per heavy atom. The van der Waals surface area contributed by atoms with Gasteiger partial charge in [0.2, 0.25) is 11.8 Å². The molecule has 0 aromatic heterocycles. The molecule has 2 N–H and O–H groups in total. The summed E-state index contributed by atoms with van der Waals surface area (Å²) in [5.74, 6) is -2.06. The molecule has 1 fully saturated rings. The second kappa shape index (κ2) is 4.83. The smallest absolute Gasteiger partial charge is 0.421 e. The zero-order chi connectivity index (χ0) is 16.0. The fraction of sp³-hybridized carbons (Fsp3) is 0.286. The number of piperidine rings is 1. The largest absolute Gasteiger partial charge is 0.508 e. The highest BCUT2D eigenvalue weighted by Crippen LogP contribution is 2.35. The van der Waals surface area contributed by atoms with Gasteiger partial charge < -0.3 is 10.2 Å². The molecule has 8 heteroatoms. The molecule has 0 aliphatic carbocycles. The van der Waals surface area contributed by atoms with Gasteiger partial charge in [0.1, 0.15) is 11.8 Å². The number of carboxylic acid groups (broad SMARTS) is 1. The Hall–Kier alpha value is -2.90. The first-order chi connectivity index (χ1) is 10.4. The zero-order valence-corrected chi connectivity index (χ0v) is 11.4. The van der Waals surface area contributed by atoms with E-state index in [-0.39, 0.29) is 35.8 Å². The SMILES string of the molecule is O=C(O)N1C(=O)CCC(N2C(=O)Cc3cc(O)ccc32)C1=O. The average Bonchev–Trinajstić information content (AvgIpc) is 2.74. The van der Waals surface area contributed by atoms with Crippen molar-refractivity contribution < 1.29 is 29.4 Å². The summed E-state index contributed by atoms with van der Waals surface area (Å²) in [4.78, 5) is 48.5. The maximum Gasteiger partial charge on any atom is 0.421 e. The van der Waals surface area contributed by atoms with Gasteiger partial charge in [-0.05, 0) is 30.2 Å². The van der Waals surface area contributed by atoms with E-state index >= 15 is 0 Å². The van der Waals surface area contributed by atoms with Gasteiger partial charge in [0.15, 0.2) is 0 Å². The van der Waals surface area contributed by atoms with Crippen molar-refractivity contribution in [1.29, 1.82) is 0 Å². The molecule has 0 saturated carbocycles. The molecule has 2 aliphatic heterocycles. The molecule has 3 rings (SSSR count). The van der Waals surface area contributed by atoms with Crippen LogP contribution in [0.4, 0.5) is 10.5 Å². The number of aromatic hydroxyl groups is 1. The van der Waals surface area contributed by atoms with Crippen molar-refractivity contribution in [3.63, 3.8) is 0 Å². The Balaban J connectivity index is 1.98. The number of carbonyl (C=O) groups is 4. The molecule has 0 spiro atoms. The number of benzene rings is 1. The molecule has 1 atom stereocenters. The fourth-order valence-corrected chi connectivity index (χ4v) is 2.88. The van der Waals surface area contributed by atoms with Crippen molar-refractivity contribution >= 4 is 29.5 Å². The van der Waals surface area contributed by atoms with Crippen LogP contribution in [0.25, 0.3) is 0 Å². The van der Waals surface area contributed by atoms with E-state index in [1.807, 2.05) is 0 Å². The van der Waals surface area contributed by atoms with E-state index in [2.05, 4.69) is 0 Å². The van der Waals surface area contributed by atoms with Crippen molar-refractivity contribution in [3.05, 3.63) is 23.8 Å². The Kier molecular flexibility index (Phi) is 3.09. The van der Waals surface area contributed by atoms with Crippen LogP contribution in [0.3, 0.4) is 0 Å². The summed E-state index contributed by atoms with van der Waals surface area (Å²) in [7, 11) is 0. The third-order valence-corrected chi connectivity index (χ3v) is 3.82. The number of hydrogen-bond acceptors (Lipinski definition) is 5. The van der Waals surface area contributed by atoms with Crippen molar-refractivity contribution in [2.24, 2.45) is 0 Å². The van der Waals surface area contributed by atoms with E-state index in [4.69, 9.17) is 5.11 Å². The van der Waals surface area contributed by atoms with Crippen molar-refractivity contribution in [2.45, 2.75) is 25.3 Å². The number of phenols is 1. The number of nitrogens with zero attached hydrogens (tertiary/aromatic N) is 2. The number of anilines is 1. The van der Waals surface area contributed by atoms with Crippen LogP contribution < -0.4 is 4.90 Å². The first-order valence-electron chi connectivity index (χ1n) is 6.64. The highest BCUT2D eigenvalue weighted by Gasteiger charge is 2.45. The van der Waals surface area contributed by atoms with Gasteiger partial charge in [-0.25, -0.2) is 4.79 Å². The lowest BCUT2D eigenvalue weighted by molar-refractivity contribution is -0.147. The van der Waals surface area contributed by atoms with Crippen LogP contribution in [-0.4, -0.2) is 45.0 Å². The molecule has 1 aromatic carbocycles. The second-order valence-corrected chi connectivity index (χ2v) is 5.16. The number of phenolic OH excluding ortho intramolecular Hbond substituents is 1. The van der Waals surface area contributed by atoms with Crippen molar-refractivity contribution in [2.75, 3.05) is 4.90 Å². The lowest BCUT2D eigenvalue weighted by Gasteiger charge is -2.33. The number of rotatable bonds is 1. The lowest BCUT2D eigenvalue weighted by Crippen LogP contribution is -2.57. The topological polar surface area (TPSA) is 115 Å². The van der Waals surface area contributed by atoms with E-state index < -0.39 is 23.9 Å². The van der Waals surface area contributed by atoms with Gasteiger partial charge in [-0.15, -0.1) is 0 Å². The monoisotopic (exact) mass is 304 g/mol. The van der Waals surface area contributed by atoms with E-state index in [1.54, 1.807) is 0 Å². The lowest BCUT2D eigenvalue weighted by atomic mass is 10.0. The number of imide groups is 3. The van der Waals surface area contributed by atoms with Crippen LogP contribution >= 0.6 is 0 Å². The molecular weight excluding hydrogens is 292 g/mol. The highest BCUT2D eigenvalue weighted by atomic mass is 16.4. The summed E-state index contributed by atoms with van der Waals surface area (Å²) in [6.07, 6.45) is -1.67. The van der Waals surface area contributed by atoms with Gasteiger partial charge >= 0.3 is 6.09 Å². The quantitative estimate of drug-likeness (QED) is 0.729. The summed E-state index contributed by atoms with van der Waals surface area (Å²) in [6, 6.07) is 3.30. The molecule has 114 valence electrons. The molecule has 0 bridgehead atoms. The highest BCUT2D eigenvalue weighted by molar-refractivity contribution is 6.15. The summed E-state index contributed by atoms with van der Waals surface area (Å²) in [6.45, 7) is 0. The molecule has 22 heavy (non-hydrogen) atoms. The van der Waals surface area contributed by atoms with Crippen LogP contribution in [0, 0.1) is 0 Å². The third kappa shape index (κ3) is 2.00. The van der Waals surface area contributed by atoms with Gasteiger partial charge in [-0.1, -0.05) is 0 Å². The van der Waals surface area contributed by atoms with Crippen molar-refractivity contribution in [1.82, 2.24) is 4.90 Å². The Labute approximate surface area is 124 Å². The predicted octanol–water partition coefficient (Wildman–Crippen LogP) is 0.477. The first-order valence-corrected chi connectivity index (χ1v) is 6.64. The number of amides is 4. The minimum absolute atomic E-state index is 0.00529. The average molecular weight is 304 g/mol. The molecule has 2 heterocycles. The van der Waals surface area contributed by atoms with Gasteiger partial charge in [0, 0.05) is 12.1 Å². The summed E-state index contributed by atoms with van der Waals surface area (Å²) in [5, 5.41) is 18.4. The van der Waals surface area contributed by atoms with Crippen LogP contribution in [0.15, 0.2) is 18.2 Å². The Morgan fingerprint density at radius 2 is 1.91 bits per heavy atom. The minimum atomic E-state index is -1.64. The number of fused-ring (bicyclic) bond motifs is 1. The zero-order valence-electron chi connectivity index (χ0n) is 11.4. The van der Waals surface area contributed by atoms with Crippen LogP contribution in [-0.2, 0) is 20.8 Å². The molecule has 4 amide bonds. The summed E-state index contributed by atoms with van der Waals surface area (Å²) < 4.78 is 0. The standard InChI is InChI=1S/C14H12N2O6/c17-8-1-2-9-7(5-8)6-12(19)15(9)10-3-4-11(18)16(13(10)20)14(21)22/h1-2,5,10,17H,3-4,6H2,(H,21,22). The minimum Gasteiger partial charge on any atom is -0.508 e. The molecule has 0 radical (unpaired) electrons. The second-order valence-electron chi connectivity index (χ2n) is 5.16. The molecule has 8 nitrogen and oxygen atoms in total. The molecule has 1 aromatic rings. The molecular formula is C14H12N2O6. The normalized spacial score (nSPS) is 21.3. The molecule has 2 aliphatic rings. The van der Waals surface area contributed by atoms with Gasteiger partial charge in [0.05, 0.1) is 6.42 Å². The van der Waals surface area contributed by atoms with Crippen LogP contribution in [0.1, 0.15) is 18.4 Å². The van der Waals surface area contributed by atoms with E-state index in [0.717, 1.165) is 0 Å². The Morgan fingerprint density at radius 3 is 2.59 bits per heavy atom. The number of hydrogen-bond donors (Lipinski definition) is 2. The maximum absolute atomic E-state index is 12.3. The first kappa shape index (κ1) is 14.1. The van der Waals surface area contributed by atoms with Crippen LogP contribution in [0.5, 0.6) is 5.75 Å². The fourth-order valence-electron chi connectivity index (χ4n) is 2.88. The molecule has 1 unspecified atom stereocenters. The van der Waals surface area contributed by atoms with E-state index in [1.165, 1.54) is 23.1 Å². The van der Waals surface area contributed by atoms with Gasteiger partial charge in [-0.3, -0.25) is 19.3 Å². The number of likely N-dealkylation sites (tertiary alicyclic amines) is 1. The van der Waals surface area contributed by atoms with E-state index in [0.29, 0.717) is 11.3 Å². The Bertz CT molecular complexity index is 713. The summed E-state index contributed by atoms with van der Waals surface area (Å²) >= 11 is 0. The summed E-state index contributed by atoms with van der Waals surface area (Å²) in [5.41, 5.74) is 1.03. The van der Waals surface area contributed by atoms with Crippen molar-refractivity contribution in [3.8, 4) is 5.75 Å². The third-order valence-electron chi connectivity index (χ3n) is 3.82. The number of carbonyl (C=O) groups excluding carboxylic acids is 3.